The van der Waals surface area contributed by atoms with E-state index in [1.54, 1.807) is 24.3 Å². The lowest BCUT2D eigenvalue weighted by Crippen LogP contribution is -2.31. The molecule has 0 fully saturated rings. The van der Waals surface area contributed by atoms with E-state index in [0.717, 1.165) is 14.3 Å². The number of benzene rings is 3. The quantitative estimate of drug-likeness (QED) is 0.477. The molecule has 3 aromatic carbocycles. The maximum atomic E-state index is 13.4. The van der Waals surface area contributed by atoms with E-state index in [0.29, 0.717) is 16.2 Å². The average molecular weight is 454 g/mol. The van der Waals surface area contributed by atoms with Gasteiger partial charge in [0.15, 0.2) is 0 Å². The number of halogens is 2. The van der Waals surface area contributed by atoms with Crippen LogP contribution in [0.25, 0.3) is 5.57 Å². The van der Waals surface area contributed by atoms with Crippen LogP contribution in [0.4, 0.5) is 10.1 Å². The summed E-state index contributed by atoms with van der Waals surface area (Å²) < 4.78 is 14.2. The molecule has 6 heteroatoms. The van der Waals surface area contributed by atoms with E-state index in [4.69, 9.17) is 0 Å². The summed E-state index contributed by atoms with van der Waals surface area (Å²) in [6.07, 6.45) is 0. The average Bonchev–Trinajstić information content (AvgIpc) is 2.94. The predicted octanol–water partition coefficient (Wildman–Crippen LogP) is 5.67. The number of carbonyl (C=O) groups excluding carboxylic acids is 2. The Balaban J connectivity index is 1.81. The molecule has 2 amide bonds. The molecule has 0 saturated heterocycles. The number of thioether (sulfide) groups is 1. The van der Waals surface area contributed by atoms with E-state index in [9.17, 15) is 14.0 Å². The van der Waals surface area contributed by atoms with Crippen molar-refractivity contribution in [2.45, 2.75) is 4.90 Å². The molecule has 0 aliphatic carbocycles. The number of amides is 2. The lowest BCUT2D eigenvalue weighted by atomic mass is 10.1. The van der Waals surface area contributed by atoms with Gasteiger partial charge in [-0.3, -0.25) is 9.59 Å². The molecule has 1 heterocycles. The zero-order valence-corrected chi connectivity index (χ0v) is 16.8. The number of carbonyl (C=O) groups is 2. The fourth-order valence-corrected chi connectivity index (χ4v) is 4.19. The second-order valence-electron chi connectivity index (χ2n) is 6.05. The molecule has 1 aliphatic heterocycles. The fraction of sp³-hybridized carbons (Fsp3) is 0. The summed E-state index contributed by atoms with van der Waals surface area (Å²) in [6, 6.07) is 21.9. The number of imide groups is 1. The van der Waals surface area contributed by atoms with Crippen LogP contribution in [-0.4, -0.2) is 11.8 Å². The van der Waals surface area contributed by atoms with Crippen LogP contribution in [0.15, 0.2) is 93.1 Å². The zero-order valence-electron chi connectivity index (χ0n) is 14.4. The minimum atomic E-state index is -0.419. The molecule has 3 nitrogen and oxygen atoms in total. The van der Waals surface area contributed by atoms with Gasteiger partial charge in [0.25, 0.3) is 11.8 Å². The standard InChI is InChI=1S/C22H13BrFNO2S/c23-15-8-12-17(13-9-15)25-21(26)19(14-6-10-16(24)11-7-14)20(22(25)27)28-18-4-2-1-3-5-18/h1-13H. The Morgan fingerprint density at radius 1 is 0.786 bits per heavy atom. The number of rotatable bonds is 4. The minimum Gasteiger partial charge on any atom is -0.268 e. The molecule has 1 aliphatic rings. The summed E-state index contributed by atoms with van der Waals surface area (Å²) in [4.78, 5) is 28.7. The molecule has 0 aromatic heterocycles. The van der Waals surface area contributed by atoms with Crippen molar-refractivity contribution in [1.82, 2.24) is 0 Å². The summed E-state index contributed by atoms with van der Waals surface area (Å²) in [5, 5.41) is 0. The highest BCUT2D eigenvalue weighted by Gasteiger charge is 2.40. The first-order valence-electron chi connectivity index (χ1n) is 8.42. The van der Waals surface area contributed by atoms with Crippen LogP contribution in [-0.2, 0) is 9.59 Å². The van der Waals surface area contributed by atoms with Crippen LogP contribution in [0.1, 0.15) is 5.56 Å². The summed E-state index contributed by atoms with van der Waals surface area (Å²) in [7, 11) is 0. The maximum absolute atomic E-state index is 13.4. The fourth-order valence-electron chi connectivity index (χ4n) is 2.91. The molecule has 0 radical (unpaired) electrons. The van der Waals surface area contributed by atoms with Crippen LogP contribution in [0, 0.1) is 5.82 Å². The van der Waals surface area contributed by atoms with E-state index >= 15 is 0 Å². The van der Waals surface area contributed by atoms with Gasteiger partial charge in [-0.2, -0.15) is 0 Å². The Morgan fingerprint density at radius 3 is 2.07 bits per heavy atom. The van der Waals surface area contributed by atoms with Gasteiger partial charge >= 0.3 is 0 Å². The smallest absolute Gasteiger partial charge is 0.268 e. The Kier molecular flexibility index (Phi) is 5.15. The molecule has 0 unspecified atom stereocenters. The van der Waals surface area contributed by atoms with Crippen molar-refractivity contribution in [1.29, 1.82) is 0 Å². The van der Waals surface area contributed by atoms with Crippen LogP contribution in [0.3, 0.4) is 0 Å². The van der Waals surface area contributed by atoms with Gasteiger partial charge < -0.3 is 0 Å². The minimum absolute atomic E-state index is 0.279. The molecule has 138 valence electrons. The summed E-state index contributed by atoms with van der Waals surface area (Å²) in [6.45, 7) is 0. The highest BCUT2D eigenvalue weighted by molar-refractivity contribution is 9.10. The number of hydrogen-bond acceptors (Lipinski definition) is 3. The highest BCUT2D eigenvalue weighted by Crippen LogP contribution is 2.41. The molecule has 3 aromatic rings. The largest absolute Gasteiger partial charge is 0.272 e. The van der Waals surface area contributed by atoms with Gasteiger partial charge in [-0.25, -0.2) is 9.29 Å². The first-order valence-corrected chi connectivity index (χ1v) is 10.0. The molecule has 4 rings (SSSR count). The Labute approximate surface area is 174 Å². The predicted molar refractivity (Wildman–Crippen MR) is 112 cm³/mol. The number of hydrogen-bond donors (Lipinski definition) is 0. The molecule has 0 atom stereocenters. The van der Waals surface area contributed by atoms with Crippen molar-refractivity contribution in [3.63, 3.8) is 0 Å². The molecular weight excluding hydrogens is 441 g/mol. The summed E-state index contributed by atoms with van der Waals surface area (Å²) in [5.41, 5.74) is 1.28. The molecular formula is C22H13BrFNO2S. The molecule has 0 N–H and O–H groups in total. The van der Waals surface area contributed by atoms with Crippen molar-refractivity contribution in [2.24, 2.45) is 0 Å². The highest BCUT2D eigenvalue weighted by atomic mass is 79.9. The van der Waals surface area contributed by atoms with Crippen molar-refractivity contribution in [3.05, 3.63) is 99.6 Å². The molecule has 0 bridgehead atoms. The Hall–Kier alpha value is -2.70. The first kappa shape index (κ1) is 18.7. The lowest BCUT2D eigenvalue weighted by Gasteiger charge is -2.15. The van der Waals surface area contributed by atoms with Gasteiger partial charge in [-0.05, 0) is 54.1 Å². The number of anilines is 1. The van der Waals surface area contributed by atoms with Crippen LogP contribution < -0.4 is 4.90 Å². The van der Waals surface area contributed by atoms with Gasteiger partial charge in [-0.15, -0.1) is 0 Å². The topological polar surface area (TPSA) is 37.4 Å². The monoisotopic (exact) mass is 453 g/mol. The van der Waals surface area contributed by atoms with Crippen LogP contribution in [0.2, 0.25) is 0 Å². The molecule has 0 spiro atoms. The van der Waals surface area contributed by atoms with Crippen molar-refractivity contribution in [2.75, 3.05) is 4.90 Å². The van der Waals surface area contributed by atoms with Crippen LogP contribution >= 0.6 is 27.7 Å². The van der Waals surface area contributed by atoms with Gasteiger partial charge in [0.2, 0.25) is 0 Å². The second kappa shape index (κ2) is 7.73. The van der Waals surface area contributed by atoms with E-state index in [1.165, 1.54) is 36.0 Å². The third-order valence-corrected chi connectivity index (χ3v) is 5.84. The second-order valence-corrected chi connectivity index (χ2v) is 8.05. The maximum Gasteiger partial charge on any atom is 0.272 e. The van der Waals surface area contributed by atoms with E-state index in [1.807, 2.05) is 30.3 Å². The van der Waals surface area contributed by atoms with Crippen LogP contribution in [0.5, 0.6) is 0 Å². The third kappa shape index (κ3) is 3.53. The van der Waals surface area contributed by atoms with Gasteiger partial charge in [-0.1, -0.05) is 58.0 Å². The van der Waals surface area contributed by atoms with E-state index in [-0.39, 0.29) is 11.5 Å². The summed E-state index contributed by atoms with van der Waals surface area (Å²) in [5.74, 6) is -1.21. The molecule has 28 heavy (non-hydrogen) atoms. The van der Waals surface area contributed by atoms with Gasteiger partial charge in [0.05, 0.1) is 16.2 Å². The zero-order chi connectivity index (χ0) is 19.7. The van der Waals surface area contributed by atoms with E-state index in [2.05, 4.69) is 15.9 Å². The Bertz CT molecular complexity index is 1080. The Morgan fingerprint density at radius 2 is 1.43 bits per heavy atom. The normalized spacial score (nSPS) is 14.1. The van der Waals surface area contributed by atoms with Gasteiger partial charge in [0.1, 0.15) is 5.82 Å². The van der Waals surface area contributed by atoms with E-state index < -0.39 is 11.7 Å². The van der Waals surface area contributed by atoms with Crippen molar-refractivity contribution < 1.29 is 14.0 Å². The van der Waals surface area contributed by atoms with Crippen molar-refractivity contribution >= 4 is 50.8 Å². The third-order valence-electron chi connectivity index (χ3n) is 4.22. The van der Waals surface area contributed by atoms with Crippen molar-refractivity contribution in [3.8, 4) is 0 Å². The SMILES string of the molecule is O=C1C(Sc2ccccc2)=C(c2ccc(F)cc2)C(=O)N1c1ccc(Br)cc1. The first-order chi connectivity index (χ1) is 13.5. The summed E-state index contributed by atoms with van der Waals surface area (Å²) >= 11 is 4.59. The number of nitrogens with zero attached hydrogens (tertiary/aromatic N) is 1. The molecule has 0 saturated carbocycles. The van der Waals surface area contributed by atoms with Gasteiger partial charge in [0, 0.05) is 9.37 Å². The lowest BCUT2D eigenvalue weighted by molar-refractivity contribution is -0.119.